The summed E-state index contributed by atoms with van der Waals surface area (Å²) < 4.78 is 5.18. The number of rotatable bonds is 3. The van der Waals surface area contributed by atoms with Crippen molar-refractivity contribution in [2.45, 2.75) is 25.2 Å². The number of carbonyl (C=O) groups is 1. The third-order valence-electron chi connectivity index (χ3n) is 2.90. The van der Waals surface area contributed by atoms with E-state index in [9.17, 15) is 4.79 Å². The van der Waals surface area contributed by atoms with E-state index in [1.807, 2.05) is 0 Å². The standard InChI is InChI=1S/C10H15N3O3/c1-10(4-5-10)7-6-8(12-16-7)11-9(14)13(2)15-3/h6H,4-5H2,1-3H3,(H,11,12,14). The molecule has 1 N–H and O–H groups in total. The summed E-state index contributed by atoms with van der Waals surface area (Å²) in [6.45, 7) is 2.11. The molecular formula is C10H15N3O3. The fraction of sp³-hybridized carbons (Fsp3) is 0.600. The second-order valence-electron chi connectivity index (χ2n) is 4.25. The first kappa shape index (κ1) is 10.9. The first-order chi connectivity index (χ1) is 7.55. The van der Waals surface area contributed by atoms with Crippen LogP contribution in [0, 0.1) is 0 Å². The molecule has 6 heteroatoms. The predicted octanol–water partition coefficient (Wildman–Crippen LogP) is 1.75. The van der Waals surface area contributed by atoms with Gasteiger partial charge in [0.1, 0.15) is 5.76 Å². The number of hydrogen-bond acceptors (Lipinski definition) is 4. The molecule has 0 aromatic carbocycles. The molecule has 0 spiro atoms. The number of aromatic nitrogens is 1. The van der Waals surface area contributed by atoms with Gasteiger partial charge in [-0.1, -0.05) is 12.1 Å². The topological polar surface area (TPSA) is 67.6 Å². The van der Waals surface area contributed by atoms with Gasteiger partial charge in [-0.25, -0.2) is 9.86 Å². The molecule has 88 valence electrons. The van der Waals surface area contributed by atoms with Crippen molar-refractivity contribution in [2.75, 3.05) is 19.5 Å². The molecule has 0 aliphatic heterocycles. The van der Waals surface area contributed by atoms with Crippen LogP contribution in [0.4, 0.5) is 10.6 Å². The number of nitrogens with one attached hydrogen (secondary N) is 1. The average molecular weight is 225 g/mol. The second kappa shape index (κ2) is 3.79. The Morgan fingerprint density at radius 3 is 2.94 bits per heavy atom. The van der Waals surface area contributed by atoms with Crippen LogP contribution in [0.5, 0.6) is 0 Å². The summed E-state index contributed by atoms with van der Waals surface area (Å²) in [6.07, 6.45) is 2.21. The van der Waals surface area contributed by atoms with Crippen LogP contribution < -0.4 is 5.32 Å². The fourth-order valence-corrected chi connectivity index (χ4v) is 1.32. The van der Waals surface area contributed by atoms with E-state index >= 15 is 0 Å². The predicted molar refractivity (Wildman–Crippen MR) is 56.9 cm³/mol. The summed E-state index contributed by atoms with van der Waals surface area (Å²) in [4.78, 5) is 16.2. The third kappa shape index (κ3) is 2.01. The molecule has 16 heavy (non-hydrogen) atoms. The molecule has 2 rings (SSSR count). The highest BCUT2D eigenvalue weighted by Gasteiger charge is 2.43. The van der Waals surface area contributed by atoms with Gasteiger partial charge in [0, 0.05) is 18.5 Å². The molecule has 1 heterocycles. The lowest BCUT2D eigenvalue weighted by molar-refractivity contribution is -0.0598. The minimum atomic E-state index is -0.386. The Balaban J connectivity index is 2.00. The Morgan fingerprint density at radius 2 is 2.38 bits per heavy atom. The molecule has 0 saturated heterocycles. The minimum Gasteiger partial charge on any atom is -0.359 e. The third-order valence-corrected chi connectivity index (χ3v) is 2.90. The Labute approximate surface area is 93.5 Å². The first-order valence-electron chi connectivity index (χ1n) is 5.11. The highest BCUT2D eigenvalue weighted by atomic mass is 16.7. The van der Waals surface area contributed by atoms with Gasteiger partial charge in [-0.2, -0.15) is 0 Å². The lowest BCUT2D eigenvalue weighted by Crippen LogP contribution is -2.30. The van der Waals surface area contributed by atoms with Crippen LogP contribution in [-0.4, -0.2) is 30.4 Å². The van der Waals surface area contributed by atoms with Crippen LogP contribution in [0.1, 0.15) is 25.5 Å². The molecule has 0 radical (unpaired) electrons. The van der Waals surface area contributed by atoms with Gasteiger partial charge in [0.2, 0.25) is 0 Å². The summed E-state index contributed by atoms with van der Waals surface area (Å²) in [5, 5.41) is 7.44. The van der Waals surface area contributed by atoms with Crippen LogP contribution in [0.3, 0.4) is 0 Å². The average Bonchev–Trinajstić information content (AvgIpc) is 2.84. The normalized spacial score (nSPS) is 16.9. The Hall–Kier alpha value is -1.56. The second-order valence-corrected chi connectivity index (χ2v) is 4.25. The molecule has 2 amide bonds. The summed E-state index contributed by atoms with van der Waals surface area (Å²) >= 11 is 0. The van der Waals surface area contributed by atoms with Crippen molar-refractivity contribution in [1.82, 2.24) is 10.2 Å². The quantitative estimate of drug-likeness (QED) is 0.796. The van der Waals surface area contributed by atoms with Crippen molar-refractivity contribution >= 4 is 11.8 Å². The largest absolute Gasteiger partial charge is 0.359 e. The molecule has 1 aromatic rings. The maximum absolute atomic E-state index is 11.4. The van der Waals surface area contributed by atoms with E-state index in [2.05, 4.69) is 17.4 Å². The first-order valence-corrected chi connectivity index (χ1v) is 5.11. The van der Waals surface area contributed by atoms with E-state index in [0.717, 1.165) is 23.7 Å². The van der Waals surface area contributed by atoms with Crippen LogP contribution in [-0.2, 0) is 10.3 Å². The van der Waals surface area contributed by atoms with Crippen molar-refractivity contribution in [1.29, 1.82) is 0 Å². The molecular weight excluding hydrogens is 210 g/mol. The summed E-state index contributed by atoms with van der Waals surface area (Å²) in [5.41, 5.74) is 0.114. The number of amides is 2. The van der Waals surface area contributed by atoms with Gasteiger partial charge in [-0.05, 0) is 12.8 Å². The maximum Gasteiger partial charge on any atom is 0.346 e. The van der Waals surface area contributed by atoms with E-state index in [-0.39, 0.29) is 11.4 Å². The lowest BCUT2D eigenvalue weighted by Gasteiger charge is -2.12. The molecule has 1 aliphatic rings. The van der Waals surface area contributed by atoms with E-state index in [4.69, 9.17) is 9.36 Å². The van der Waals surface area contributed by atoms with Crippen molar-refractivity contribution in [3.05, 3.63) is 11.8 Å². The van der Waals surface area contributed by atoms with Gasteiger partial charge >= 0.3 is 6.03 Å². The molecule has 0 bridgehead atoms. The zero-order valence-electron chi connectivity index (χ0n) is 9.61. The Kier molecular flexibility index (Phi) is 2.59. The van der Waals surface area contributed by atoms with Crippen LogP contribution >= 0.6 is 0 Å². The zero-order valence-corrected chi connectivity index (χ0v) is 9.61. The smallest absolute Gasteiger partial charge is 0.346 e. The van der Waals surface area contributed by atoms with Crippen LogP contribution in [0.2, 0.25) is 0 Å². The Bertz CT molecular complexity index is 398. The van der Waals surface area contributed by atoms with Crippen molar-refractivity contribution in [3.8, 4) is 0 Å². The van der Waals surface area contributed by atoms with Crippen molar-refractivity contribution in [2.24, 2.45) is 0 Å². The van der Waals surface area contributed by atoms with E-state index in [0.29, 0.717) is 5.82 Å². The molecule has 6 nitrogen and oxygen atoms in total. The van der Waals surface area contributed by atoms with Gasteiger partial charge in [0.05, 0.1) is 7.11 Å². The van der Waals surface area contributed by atoms with Gasteiger partial charge in [-0.15, -0.1) is 0 Å². The highest BCUT2D eigenvalue weighted by Crippen LogP contribution is 2.47. The molecule has 0 atom stereocenters. The van der Waals surface area contributed by atoms with Crippen molar-refractivity contribution < 1.29 is 14.2 Å². The molecule has 1 fully saturated rings. The number of urea groups is 1. The fourth-order valence-electron chi connectivity index (χ4n) is 1.32. The molecule has 0 unspecified atom stereocenters. The van der Waals surface area contributed by atoms with E-state index in [1.54, 1.807) is 6.07 Å². The van der Waals surface area contributed by atoms with Gasteiger partial charge in [0.25, 0.3) is 0 Å². The number of hydrogen-bond donors (Lipinski definition) is 1. The SMILES string of the molecule is CON(C)C(=O)Nc1cc(C2(C)CC2)on1. The number of carbonyl (C=O) groups excluding carboxylic acids is 1. The van der Waals surface area contributed by atoms with Gasteiger partial charge in [0.15, 0.2) is 5.82 Å². The minimum absolute atomic E-state index is 0.114. The van der Waals surface area contributed by atoms with E-state index in [1.165, 1.54) is 14.2 Å². The van der Waals surface area contributed by atoms with Gasteiger partial charge in [-0.3, -0.25) is 10.2 Å². The zero-order chi connectivity index (χ0) is 11.8. The van der Waals surface area contributed by atoms with Crippen LogP contribution in [0.15, 0.2) is 10.6 Å². The molecule has 1 aromatic heterocycles. The number of anilines is 1. The lowest BCUT2D eigenvalue weighted by atomic mass is 10.1. The summed E-state index contributed by atoms with van der Waals surface area (Å²) in [7, 11) is 2.93. The monoisotopic (exact) mass is 225 g/mol. The molecule has 1 saturated carbocycles. The Morgan fingerprint density at radius 1 is 1.69 bits per heavy atom. The van der Waals surface area contributed by atoms with Crippen molar-refractivity contribution in [3.63, 3.8) is 0 Å². The van der Waals surface area contributed by atoms with Gasteiger partial charge < -0.3 is 4.52 Å². The van der Waals surface area contributed by atoms with Crippen LogP contribution in [0.25, 0.3) is 0 Å². The highest BCUT2D eigenvalue weighted by molar-refractivity contribution is 5.87. The maximum atomic E-state index is 11.4. The molecule has 1 aliphatic carbocycles. The van der Waals surface area contributed by atoms with E-state index < -0.39 is 0 Å². The summed E-state index contributed by atoms with van der Waals surface area (Å²) in [5.74, 6) is 1.24. The number of hydroxylamine groups is 2. The summed E-state index contributed by atoms with van der Waals surface area (Å²) in [6, 6.07) is 1.37. The number of nitrogens with zero attached hydrogens (tertiary/aromatic N) is 2.